The molecule has 2 aromatic carbocycles. The molecule has 4 rings (SSSR count). The summed E-state index contributed by atoms with van der Waals surface area (Å²) >= 11 is 0. The van der Waals surface area contributed by atoms with Crippen LogP contribution < -0.4 is 4.74 Å². The van der Waals surface area contributed by atoms with Crippen molar-refractivity contribution in [3.8, 4) is 5.75 Å². The maximum atomic E-state index is 13.3. The van der Waals surface area contributed by atoms with E-state index >= 15 is 0 Å². The van der Waals surface area contributed by atoms with Gasteiger partial charge in [-0.1, -0.05) is 36.4 Å². The molecule has 2 heterocycles. The van der Waals surface area contributed by atoms with E-state index in [4.69, 9.17) is 4.74 Å². The van der Waals surface area contributed by atoms with Gasteiger partial charge in [-0.2, -0.15) is 4.31 Å². The second-order valence-corrected chi connectivity index (χ2v) is 10.2. The van der Waals surface area contributed by atoms with Crippen LogP contribution in [0.25, 0.3) is 6.08 Å². The van der Waals surface area contributed by atoms with E-state index < -0.39 is 10.0 Å². The number of sulfonamides is 1. The fourth-order valence-corrected chi connectivity index (χ4v) is 5.62. The number of hydrogen-bond acceptors (Lipinski definition) is 3. The molecule has 0 N–H and O–H groups in total. The van der Waals surface area contributed by atoms with Gasteiger partial charge in [0.2, 0.25) is 10.0 Å². The van der Waals surface area contributed by atoms with Crippen LogP contribution >= 0.6 is 0 Å². The average molecular weight is 398 g/mol. The monoisotopic (exact) mass is 397 g/mol. The van der Waals surface area contributed by atoms with Gasteiger partial charge in [0.15, 0.2) is 0 Å². The Bertz CT molecular complexity index is 980. The molecular formula is C23H27NO3S. The fraction of sp³-hybridized carbons (Fsp3) is 0.391. The highest BCUT2D eigenvalue weighted by Crippen LogP contribution is 2.34. The van der Waals surface area contributed by atoms with Gasteiger partial charge in [0.1, 0.15) is 11.4 Å². The van der Waals surface area contributed by atoms with E-state index in [0.29, 0.717) is 23.9 Å². The number of hydrogen-bond donors (Lipinski definition) is 0. The standard InChI is InChI=1S/C23H27NO3S/c1-23(2)13-12-20-16-21(10-11-22(20)27-23)28(25,26)24-14-6-9-19(17-24)15-18-7-4-3-5-8-18/h3-5,7-8,10-13,16,19H,6,9,14-15,17H2,1-2H3. The molecule has 1 saturated heterocycles. The highest BCUT2D eigenvalue weighted by molar-refractivity contribution is 7.89. The molecule has 1 fully saturated rings. The molecule has 0 bridgehead atoms. The second kappa shape index (κ2) is 7.37. The molecule has 2 aromatic rings. The summed E-state index contributed by atoms with van der Waals surface area (Å²) in [5, 5.41) is 0. The van der Waals surface area contributed by atoms with Crippen LogP contribution in [0, 0.1) is 5.92 Å². The van der Waals surface area contributed by atoms with E-state index in [9.17, 15) is 8.42 Å². The number of ether oxygens (including phenoxy) is 1. The highest BCUT2D eigenvalue weighted by Gasteiger charge is 2.31. The predicted octanol–water partition coefficient (Wildman–Crippen LogP) is 4.51. The first-order valence-corrected chi connectivity index (χ1v) is 11.3. The lowest BCUT2D eigenvalue weighted by molar-refractivity contribution is 0.159. The molecule has 0 radical (unpaired) electrons. The van der Waals surface area contributed by atoms with Crippen molar-refractivity contribution >= 4 is 16.1 Å². The van der Waals surface area contributed by atoms with Crippen molar-refractivity contribution in [1.29, 1.82) is 0 Å². The zero-order chi connectivity index (χ0) is 19.8. The summed E-state index contributed by atoms with van der Waals surface area (Å²) in [6.45, 7) is 5.13. The zero-order valence-electron chi connectivity index (χ0n) is 16.5. The van der Waals surface area contributed by atoms with Gasteiger partial charge in [0.25, 0.3) is 0 Å². The van der Waals surface area contributed by atoms with Gasteiger partial charge < -0.3 is 4.74 Å². The minimum Gasteiger partial charge on any atom is -0.483 e. The van der Waals surface area contributed by atoms with E-state index in [0.717, 1.165) is 30.6 Å². The van der Waals surface area contributed by atoms with Crippen molar-refractivity contribution in [3.05, 3.63) is 65.7 Å². The molecule has 0 amide bonds. The lowest BCUT2D eigenvalue weighted by Crippen LogP contribution is -2.40. The van der Waals surface area contributed by atoms with Crippen molar-refractivity contribution in [3.63, 3.8) is 0 Å². The Morgan fingerprint density at radius 3 is 2.71 bits per heavy atom. The molecule has 0 aromatic heterocycles. The number of fused-ring (bicyclic) bond motifs is 1. The van der Waals surface area contributed by atoms with Crippen LogP contribution in [-0.4, -0.2) is 31.4 Å². The van der Waals surface area contributed by atoms with Gasteiger partial charge in [-0.3, -0.25) is 0 Å². The average Bonchev–Trinajstić information content (AvgIpc) is 2.68. The van der Waals surface area contributed by atoms with Crippen molar-refractivity contribution in [2.24, 2.45) is 5.92 Å². The first-order valence-electron chi connectivity index (χ1n) is 9.90. The van der Waals surface area contributed by atoms with Crippen LogP contribution in [0.15, 0.2) is 59.5 Å². The molecule has 0 saturated carbocycles. The summed E-state index contributed by atoms with van der Waals surface area (Å²) in [7, 11) is -3.51. The molecule has 5 heteroatoms. The summed E-state index contributed by atoms with van der Waals surface area (Å²) in [4.78, 5) is 0.347. The van der Waals surface area contributed by atoms with Gasteiger partial charge >= 0.3 is 0 Å². The first-order chi connectivity index (χ1) is 13.3. The third kappa shape index (κ3) is 4.01. The minimum atomic E-state index is -3.51. The first kappa shape index (κ1) is 19.2. The Morgan fingerprint density at radius 1 is 1.14 bits per heavy atom. The third-order valence-electron chi connectivity index (χ3n) is 5.51. The summed E-state index contributed by atoms with van der Waals surface area (Å²) < 4.78 is 34.1. The summed E-state index contributed by atoms with van der Waals surface area (Å²) in [6, 6.07) is 15.5. The largest absolute Gasteiger partial charge is 0.483 e. The number of benzene rings is 2. The van der Waals surface area contributed by atoms with Gasteiger partial charge in [-0.25, -0.2) is 8.42 Å². The van der Waals surface area contributed by atoms with Crippen LogP contribution in [0.3, 0.4) is 0 Å². The predicted molar refractivity (Wildman–Crippen MR) is 112 cm³/mol. The van der Waals surface area contributed by atoms with Crippen molar-refractivity contribution < 1.29 is 13.2 Å². The Labute approximate surface area is 167 Å². The second-order valence-electron chi connectivity index (χ2n) is 8.30. The lowest BCUT2D eigenvalue weighted by Gasteiger charge is -2.32. The van der Waals surface area contributed by atoms with E-state index in [1.54, 1.807) is 22.5 Å². The van der Waals surface area contributed by atoms with Crippen LogP contribution in [0.4, 0.5) is 0 Å². The zero-order valence-corrected chi connectivity index (χ0v) is 17.3. The molecule has 148 valence electrons. The Morgan fingerprint density at radius 2 is 1.93 bits per heavy atom. The topological polar surface area (TPSA) is 46.6 Å². The van der Waals surface area contributed by atoms with E-state index in [1.807, 2.05) is 44.2 Å². The van der Waals surface area contributed by atoms with Crippen molar-refractivity contribution in [2.45, 2.75) is 43.6 Å². The molecule has 2 aliphatic heterocycles. The van der Waals surface area contributed by atoms with E-state index in [2.05, 4.69) is 12.1 Å². The van der Waals surface area contributed by atoms with Crippen molar-refractivity contribution in [1.82, 2.24) is 4.31 Å². The van der Waals surface area contributed by atoms with Gasteiger partial charge in [-0.05, 0) is 68.9 Å². The third-order valence-corrected chi connectivity index (χ3v) is 7.37. The van der Waals surface area contributed by atoms with Crippen LogP contribution in [0.5, 0.6) is 5.75 Å². The molecule has 1 unspecified atom stereocenters. The molecule has 2 aliphatic rings. The fourth-order valence-electron chi connectivity index (χ4n) is 4.03. The van der Waals surface area contributed by atoms with Gasteiger partial charge in [-0.15, -0.1) is 0 Å². The quantitative estimate of drug-likeness (QED) is 0.762. The molecule has 0 aliphatic carbocycles. The maximum Gasteiger partial charge on any atom is 0.243 e. The number of rotatable bonds is 4. The van der Waals surface area contributed by atoms with E-state index in [1.165, 1.54) is 5.56 Å². The normalized spacial score (nSPS) is 21.7. The smallest absolute Gasteiger partial charge is 0.243 e. The van der Waals surface area contributed by atoms with Gasteiger partial charge in [0.05, 0.1) is 4.90 Å². The minimum absolute atomic E-state index is 0.347. The van der Waals surface area contributed by atoms with Crippen LogP contribution in [-0.2, 0) is 16.4 Å². The Kier molecular flexibility index (Phi) is 5.06. The van der Waals surface area contributed by atoms with E-state index in [-0.39, 0.29) is 5.60 Å². The SMILES string of the molecule is CC1(C)C=Cc2cc(S(=O)(=O)N3CCCC(Cc4ccccc4)C3)ccc2O1. The lowest BCUT2D eigenvalue weighted by atomic mass is 9.92. The Hall–Kier alpha value is -2.11. The highest BCUT2D eigenvalue weighted by atomic mass is 32.2. The number of nitrogens with zero attached hydrogens (tertiary/aromatic N) is 1. The van der Waals surface area contributed by atoms with Gasteiger partial charge in [0, 0.05) is 18.7 Å². The summed E-state index contributed by atoms with van der Waals surface area (Å²) in [5.74, 6) is 1.08. The Balaban J connectivity index is 1.53. The molecular weight excluding hydrogens is 370 g/mol. The maximum absolute atomic E-state index is 13.3. The molecule has 4 nitrogen and oxygen atoms in total. The molecule has 28 heavy (non-hydrogen) atoms. The number of piperidine rings is 1. The molecule has 0 spiro atoms. The summed E-state index contributed by atoms with van der Waals surface area (Å²) in [6.07, 6.45) is 6.80. The van der Waals surface area contributed by atoms with Crippen LogP contribution in [0.2, 0.25) is 0 Å². The van der Waals surface area contributed by atoms with Crippen LogP contribution in [0.1, 0.15) is 37.8 Å². The summed E-state index contributed by atoms with van der Waals surface area (Å²) in [5.41, 5.74) is 1.72. The molecule has 1 atom stereocenters. The van der Waals surface area contributed by atoms with Crippen molar-refractivity contribution in [2.75, 3.05) is 13.1 Å².